The number of carbonyl (C=O) groups excluding carboxylic acids is 1. The zero-order valence-corrected chi connectivity index (χ0v) is 13.6. The molecule has 2 aromatic rings. The molecule has 0 fully saturated rings. The SMILES string of the molecule is COc1cnc(Cl)cc1C1C(=O)N(Cl)c2cc(C(F)(F)F)ccc21. The fourth-order valence-electron chi connectivity index (χ4n) is 2.63. The van der Waals surface area contributed by atoms with E-state index in [4.69, 9.17) is 28.1 Å². The third-order valence-corrected chi connectivity index (χ3v) is 4.27. The van der Waals surface area contributed by atoms with E-state index in [2.05, 4.69) is 4.98 Å². The first-order valence-electron chi connectivity index (χ1n) is 6.64. The largest absolute Gasteiger partial charge is 0.495 e. The van der Waals surface area contributed by atoms with E-state index in [1.165, 1.54) is 25.4 Å². The van der Waals surface area contributed by atoms with Gasteiger partial charge >= 0.3 is 6.18 Å². The van der Waals surface area contributed by atoms with Gasteiger partial charge < -0.3 is 4.74 Å². The number of ether oxygens (including phenoxy) is 1. The highest BCUT2D eigenvalue weighted by atomic mass is 35.5. The summed E-state index contributed by atoms with van der Waals surface area (Å²) in [4.78, 5) is 16.4. The Balaban J connectivity index is 2.17. The number of methoxy groups -OCH3 is 1. The third kappa shape index (κ3) is 2.67. The second-order valence-electron chi connectivity index (χ2n) is 5.07. The van der Waals surface area contributed by atoms with Crippen molar-refractivity contribution in [3.05, 3.63) is 52.3 Å². The fourth-order valence-corrected chi connectivity index (χ4v) is 3.04. The molecule has 1 unspecified atom stereocenters. The zero-order chi connectivity index (χ0) is 17.6. The van der Waals surface area contributed by atoms with Crippen molar-refractivity contribution in [2.75, 3.05) is 11.5 Å². The minimum Gasteiger partial charge on any atom is -0.495 e. The standard InChI is InChI=1S/C15H9Cl2F3N2O2/c1-24-11-6-21-12(16)5-9(11)13-8-3-2-7(15(18,19)20)4-10(8)22(17)14(13)23/h2-6,13H,1H3. The van der Waals surface area contributed by atoms with Gasteiger partial charge in [-0.2, -0.15) is 13.2 Å². The number of alkyl halides is 3. The Morgan fingerprint density at radius 1 is 1.25 bits per heavy atom. The van der Waals surface area contributed by atoms with Crippen molar-refractivity contribution >= 4 is 35.0 Å². The number of hydrogen-bond donors (Lipinski definition) is 0. The molecule has 2 heterocycles. The molecule has 24 heavy (non-hydrogen) atoms. The summed E-state index contributed by atoms with van der Waals surface area (Å²) < 4.78 is 44.5. The molecule has 3 rings (SSSR count). The number of aromatic nitrogens is 1. The van der Waals surface area contributed by atoms with Gasteiger partial charge in [0.05, 0.1) is 30.5 Å². The van der Waals surface area contributed by atoms with E-state index < -0.39 is 23.6 Å². The lowest BCUT2D eigenvalue weighted by molar-refractivity contribution is -0.137. The van der Waals surface area contributed by atoms with Gasteiger partial charge in [0.25, 0.3) is 5.91 Å². The van der Waals surface area contributed by atoms with Crippen LogP contribution in [0.15, 0.2) is 30.5 Å². The van der Waals surface area contributed by atoms with Crippen molar-refractivity contribution in [3.63, 3.8) is 0 Å². The number of fused-ring (bicyclic) bond motifs is 1. The molecule has 1 aliphatic heterocycles. The van der Waals surface area contributed by atoms with Crippen LogP contribution in [-0.4, -0.2) is 18.0 Å². The quantitative estimate of drug-likeness (QED) is 0.576. The normalized spacial score (nSPS) is 17.2. The molecule has 0 aliphatic carbocycles. The maximum Gasteiger partial charge on any atom is 0.416 e. The molecule has 0 saturated heterocycles. The molecule has 1 atom stereocenters. The number of amides is 1. The van der Waals surface area contributed by atoms with Gasteiger partial charge in [-0.1, -0.05) is 17.7 Å². The minimum atomic E-state index is -4.54. The van der Waals surface area contributed by atoms with Crippen LogP contribution in [0.1, 0.15) is 22.6 Å². The zero-order valence-electron chi connectivity index (χ0n) is 12.1. The summed E-state index contributed by atoms with van der Waals surface area (Å²) in [7, 11) is 1.39. The van der Waals surface area contributed by atoms with Crippen LogP contribution in [0.3, 0.4) is 0 Å². The topological polar surface area (TPSA) is 42.4 Å². The molecule has 126 valence electrons. The number of carbonyl (C=O) groups is 1. The second kappa shape index (κ2) is 5.82. The average Bonchev–Trinajstić information content (AvgIpc) is 2.77. The van der Waals surface area contributed by atoms with E-state index in [-0.39, 0.29) is 16.6 Å². The molecule has 1 amide bonds. The van der Waals surface area contributed by atoms with Gasteiger partial charge in [-0.25, -0.2) is 9.40 Å². The molecule has 0 bridgehead atoms. The second-order valence-corrected chi connectivity index (χ2v) is 5.80. The van der Waals surface area contributed by atoms with Crippen molar-refractivity contribution in [1.82, 2.24) is 4.98 Å². The van der Waals surface area contributed by atoms with Crippen molar-refractivity contribution in [2.24, 2.45) is 0 Å². The first kappa shape index (κ1) is 16.9. The van der Waals surface area contributed by atoms with Gasteiger partial charge in [0.2, 0.25) is 0 Å². The molecule has 9 heteroatoms. The maximum atomic E-state index is 12.9. The highest BCUT2D eigenvalue weighted by Crippen LogP contribution is 2.46. The van der Waals surface area contributed by atoms with Gasteiger partial charge in [0.15, 0.2) is 0 Å². The minimum absolute atomic E-state index is 0.0171. The first-order chi connectivity index (χ1) is 11.2. The lowest BCUT2D eigenvalue weighted by Crippen LogP contribution is -2.20. The number of hydrogen-bond acceptors (Lipinski definition) is 3. The predicted octanol–water partition coefficient (Wildman–Crippen LogP) is 4.39. The van der Waals surface area contributed by atoms with Crippen LogP contribution in [0, 0.1) is 0 Å². The lowest BCUT2D eigenvalue weighted by atomic mass is 9.92. The highest BCUT2D eigenvalue weighted by molar-refractivity contribution is 6.40. The Kier molecular flexibility index (Phi) is 4.09. The van der Waals surface area contributed by atoms with Gasteiger partial charge in [-0.15, -0.1) is 0 Å². The smallest absolute Gasteiger partial charge is 0.416 e. The number of pyridine rings is 1. The molecule has 4 nitrogen and oxygen atoms in total. The van der Waals surface area contributed by atoms with Gasteiger partial charge in [-0.3, -0.25) is 4.79 Å². The summed E-state index contributed by atoms with van der Waals surface area (Å²) in [5.74, 6) is -1.22. The summed E-state index contributed by atoms with van der Waals surface area (Å²) in [6.07, 6.45) is -3.20. The predicted molar refractivity (Wildman–Crippen MR) is 82.4 cm³/mol. The summed E-state index contributed by atoms with van der Waals surface area (Å²) in [6.45, 7) is 0. The first-order valence-corrected chi connectivity index (χ1v) is 7.36. The van der Waals surface area contributed by atoms with Crippen LogP contribution in [0.25, 0.3) is 0 Å². The van der Waals surface area contributed by atoms with E-state index in [1.54, 1.807) is 0 Å². The molecule has 0 radical (unpaired) electrons. The molecule has 0 saturated carbocycles. The summed E-state index contributed by atoms with van der Waals surface area (Å²) in [5, 5.41) is 0.125. The van der Waals surface area contributed by atoms with Crippen LogP contribution in [0.5, 0.6) is 5.75 Å². The van der Waals surface area contributed by atoms with Gasteiger partial charge in [0.1, 0.15) is 10.9 Å². The number of benzene rings is 1. The van der Waals surface area contributed by atoms with Crippen molar-refractivity contribution < 1.29 is 22.7 Å². The number of anilines is 1. The molecule has 1 aromatic heterocycles. The van der Waals surface area contributed by atoms with E-state index in [0.717, 1.165) is 12.1 Å². The molecule has 1 aromatic carbocycles. The Morgan fingerprint density at radius 2 is 1.96 bits per heavy atom. The molecular formula is C15H9Cl2F3N2O2. The molecular weight excluding hydrogens is 368 g/mol. The molecule has 0 spiro atoms. The monoisotopic (exact) mass is 376 g/mol. The summed E-state index contributed by atoms with van der Waals surface area (Å²) in [5.41, 5.74) is -0.188. The fraction of sp³-hybridized carbons (Fsp3) is 0.200. The van der Waals surface area contributed by atoms with Gasteiger partial charge in [0, 0.05) is 17.3 Å². The summed E-state index contributed by atoms with van der Waals surface area (Å²) >= 11 is 11.8. The lowest BCUT2D eigenvalue weighted by Gasteiger charge is -2.14. The van der Waals surface area contributed by atoms with Crippen molar-refractivity contribution in [3.8, 4) is 5.75 Å². The van der Waals surface area contributed by atoms with E-state index >= 15 is 0 Å². The van der Waals surface area contributed by atoms with Crippen molar-refractivity contribution in [1.29, 1.82) is 0 Å². The van der Waals surface area contributed by atoms with Crippen LogP contribution in [-0.2, 0) is 11.0 Å². The number of halogens is 5. The molecule has 1 aliphatic rings. The van der Waals surface area contributed by atoms with Crippen LogP contribution < -0.4 is 9.16 Å². The maximum absolute atomic E-state index is 12.9. The van der Waals surface area contributed by atoms with Crippen LogP contribution >= 0.6 is 23.4 Å². The van der Waals surface area contributed by atoms with Crippen LogP contribution in [0.4, 0.5) is 18.9 Å². The van der Waals surface area contributed by atoms with Crippen molar-refractivity contribution in [2.45, 2.75) is 12.1 Å². The Hall–Kier alpha value is -1.99. The molecule has 0 N–H and O–H groups in total. The Bertz CT molecular complexity index is 827. The Labute approximate surface area is 144 Å². The highest BCUT2D eigenvalue weighted by Gasteiger charge is 2.41. The third-order valence-electron chi connectivity index (χ3n) is 3.72. The Morgan fingerprint density at radius 3 is 2.58 bits per heavy atom. The van der Waals surface area contributed by atoms with E-state index in [0.29, 0.717) is 15.5 Å². The van der Waals surface area contributed by atoms with Crippen LogP contribution in [0.2, 0.25) is 5.15 Å². The van der Waals surface area contributed by atoms with E-state index in [9.17, 15) is 18.0 Å². The van der Waals surface area contributed by atoms with Gasteiger partial charge in [-0.05, 0) is 23.8 Å². The summed E-state index contributed by atoms with van der Waals surface area (Å²) in [6, 6.07) is 4.41. The number of nitrogens with zero attached hydrogens (tertiary/aromatic N) is 2. The van der Waals surface area contributed by atoms with E-state index in [1.807, 2.05) is 0 Å². The average molecular weight is 377 g/mol. The number of rotatable bonds is 2.